The van der Waals surface area contributed by atoms with Crippen LogP contribution >= 0.6 is 0 Å². The first kappa shape index (κ1) is 17.5. The fourth-order valence-corrected chi connectivity index (χ4v) is 3.56. The Morgan fingerprint density at radius 2 is 1.88 bits per heavy atom. The van der Waals surface area contributed by atoms with E-state index in [1.165, 1.54) is 35.1 Å². The molecule has 1 amide bonds. The van der Waals surface area contributed by atoms with Crippen molar-refractivity contribution in [2.45, 2.75) is 52.0 Å². The van der Waals surface area contributed by atoms with Crippen LogP contribution in [0.2, 0.25) is 0 Å². The molecule has 1 aliphatic rings. The van der Waals surface area contributed by atoms with Crippen LogP contribution in [0.15, 0.2) is 42.5 Å². The van der Waals surface area contributed by atoms with Gasteiger partial charge in [-0.3, -0.25) is 4.79 Å². The number of fused-ring (bicyclic) bond motifs is 1. The van der Waals surface area contributed by atoms with Crippen molar-refractivity contribution in [3.8, 4) is 5.75 Å². The van der Waals surface area contributed by atoms with Crippen LogP contribution in [-0.2, 0) is 17.6 Å². The van der Waals surface area contributed by atoms with Gasteiger partial charge in [-0.1, -0.05) is 37.3 Å². The lowest BCUT2D eigenvalue weighted by molar-refractivity contribution is -0.123. The van der Waals surface area contributed by atoms with E-state index in [9.17, 15) is 4.79 Å². The zero-order valence-corrected chi connectivity index (χ0v) is 15.2. The Hall–Kier alpha value is -2.29. The fraction of sp³-hybridized carbons (Fsp3) is 0.409. The lowest BCUT2D eigenvalue weighted by atomic mass is 9.92. The quantitative estimate of drug-likeness (QED) is 0.841. The van der Waals surface area contributed by atoms with Gasteiger partial charge in [0.15, 0.2) is 6.61 Å². The summed E-state index contributed by atoms with van der Waals surface area (Å²) in [5.41, 5.74) is 5.17. The molecule has 25 heavy (non-hydrogen) atoms. The lowest BCUT2D eigenvalue weighted by Crippen LogP contribution is -2.32. The van der Waals surface area contributed by atoms with Crippen molar-refractivity contribution in [2.75, 3.05) is 6.61 Å². The number of carbonyl (C=O) groups is 1. The molecule has 1 N–H and O–H groups in total. The number of aryl methyl sites for hydroxylation is 3. The third kappa shape index (κ3) is 4.41. The molecular formula is C22H27NO2. The van der Waals surface area contributed by atoms with Crippen LogP contribution in [0.4, 0.5) is 0 Å². The van der Waals surface area contributed by atoms with Crippen LogP contribution < -0.4 is 10.1 Å². The summed E-state index contributed by atoms with van der Waals surface area (Å²) in [4.78, 5) is 12.3. The molecule has 0 spiro atoms. The number of hydrogen-bond acceptors (Lipinski definition) is 2. The molecule has 1 atom stereocenters. The molecule has 3 rings (SSSR count). The predicted molar refractivity (Wildman–Crippen MR) is 101 cm³/mol. The Bertz CT molecular complexity index is 739. The first-order valence-electron chi connectivity index (χ1n) is 9.27. The highest BCUT2D eigenvalue weighted by Crippen LogP contribution is 2.25. The van der Waals surface area contributed by atoms with Gasteiger partial charge in [0.05, 0.1) is 6.04 Å². The van der Waals surface area contributed by atoms with Gasteiger partial charge < -0.3 is 10.1 Å². The molecular weight excluding hydrogens is 310 g/mol. The van der Waals surface area contributed by atoms with Crippen molar-refractivity contribution in [3.63, 3.8) is 0 Å². The van der Waals surface area contributed by atoms with E-state index in [-0.39, 0.29) is 18.6 Å². The molecule has 0 saturated carbocycles. The van der Waals surface area contributed by atoms with Crippen molar-refractivity contribution < 1.29 is 9.53 Å². The van der Waals surface area contributed by atoms with Crippen LogP contribution in [-0.4, -0.2) is 12.5 Å². The molecule has 132 valence electrons. The minimum atomic E-state index is -0.0761. The van der Waals surface area contributed by atoms with Gasteiger partial charge in [-0.25, -0.2) is 0 Å². The maximum atomic E-state index is 12.3. The summed E-state index contributed by atoms with van der Waals surface area (Å²) in [5, 5.41) is 3.09. The van der Waals surface area contributed by atoms with E-state index < -0.39 is 0 Å². The third-order valence-electron chi connectivity index (χ3n) is 5.00. The Kier molecular flexibility index (Phi) is 5.75. The molecule has 1 aliphatic carbocycles. The van der Waals surface area contributed by atoms with Crippen molar-refractivity contribution in [1.82, 2.24) is 5.32 Å². The van der Waals surface area contributed by atoms with Crippen LogP contribution in [0.5, 0.6) is 5.75 Å². The monoisotopic (exact) mass is 337 g/mol. The highest BCUT2D eigenvalue weighted by atomic mass is 16.5. The second-order valence-corrected chi connectivity index (χ2v) is 6.81. The smallest absolute Gasteiger partial charge is 0.258 e. The zero-order valence-electron chi connectivity index (χ0n) is 15.2. The number of ether oxygens (including phenoxy) is 1. The Balaban J connectivity index is 1.58. The maximum Gasteiger partial charge on any atom is 0.258 e. The first-order valence-corrected chi connectivity index (χ1v) is 9.27. The van der Waals surface area contributed by atoms with Crippen LogP contribution in [0, 0.1) is 6.92 Å². The van der Waals surface area contributed by atoms with Gasteiger partial charge in [0, 0.05) is 0 Å². The summed E-state index contributed by atoms with van der Waals surface area (Å²) < 4.78 is 5.73. The Morgan fingerprint density at radius 3 is 2.64 bits per heavy atom. The number of amides is 1. The van der Waals surface area contributed by atoms with Crippen molar-refractivity contribution in [1.29, 1.82) is 0 Å². The fourth-order valence-electron chi connectivity index (χ4n) is 3.56. The van der Waals surface area contributed by atoms with Crippen LogP contribution in [0.3, 0.4) is 0 Å². The largest absolute Gasteiger partial charge is 0.484 e. The van der Waals surface area contributed by atoms with E-state index in [0.717, 1.165) is 25.0 Å². The average Bonchev–Trinajstić information content (AvgIpc) is 2.65. The number of hydrogen-bond donors (Lipinski definition) is 1. The molecule has 0 heterocycles. The van der Waals surface area contributed by atoms with E-state index >= 15 is 0 Å². The standard InChI is InChI=1S/C22H27NO2/c1-3-21(20-11-7-4-8-16(20)2)23-22(24)15-25-19-13-12-17-9-5-6-10-18(17)14-19/h4,7-8,11-14,21H,3,5-6,9-10,15H2,1-2H3,(H,23,24)/t21-/m0/s1. The van der Waals surface area contributed by atoms with Gasteiger partial charge in [-0.15, -0.1) is 0 Å². The van der Waals surface area contributed by atoms with Crippen molar-refractivity contribution in [2.24, 2.45) is 0 Å². The summed E-state index contributed by atoms with van der Waals surface area (Å²) in [5.74, 6) is 0.715. The molecule has 3 heteroatoms. The highest BCUT2D eigenvalue weighted by molar-refractivity contribution is 5.78. The molecule has 0 radical (unpaired) electrons. The third-order valence-corrected chi connectivity index (χ3v) is 5.00. The van der Waals surface area contributed by atoms with E-state index in [0.29, 0.717) is 0 Å². The summed E-state index contributed by atoms with van der Waals surface area (Å²) in [7, 11) is 0. The molecule has 2 aromatic rings. The molecule has 2 aromatic carbocycles. The molecule has 0 bridgehead atoms. The molecule has 0 unspecified atom stereocenters. The van der Waals surface area contributed by atoms with Gasteiger partial charge in [0.2, 0.25) is 0 Å². The summed E-state index contributed by atoms with van der Waals surface area (Å²) in [6.07, 6.45) is 5.64. The normalized spacial score (nSPS) is 14.5. The van der Waals surface area contributed by atoms with Gasteiger partial charge in [0.25, 0.3) is 5.91 Å². The minimum Gasteiger partial charge on any atom is -0.484 e. The molecule has 0 saturated heterocycles. The SMILES string of the molecule is CC[C@H](NC(=O)COc1ccc2c(c1)CCCC2)c1ccccc1C. The zero-order chi connectivity index (χ0) is 17.6. The number of carbonyl (C=O) groups excluding carboxylic acids is 1. The summed E-state index contributed by atoms with van der Waals surface area (Å²) in [6.45, 7) is 4.22. The van der Waals surface area contributed by atoms with Crippen LogP contribution in [0.1, 0.15) is 54.5 Å². The molecule has 3 nitrogen and oxygen atoms in total. The van der Waals surface area contributed by atoms with Gasteiger partial charge >= 0.3 is 0 Å². The summed E-state index contributed by atoms with van der Waals surface area (Å²) >= 11 is 0. The molecule has 0 aromatic heterocycles. The van der Waals surface area contributed by atoms with E-state index in [1.54, 1.807) is 0 Å². The van der Waals surface area contributed by atoms with E-state index in [1.807, 2.05) is 18.2 Å². The Morgan fingerprint density at radius 1 is 1.12 bits per heavy atom. The van der Waals surface area contributed by atoms with Crippen LogP contribution in [0.25, 0.3) is 0 Å². The van der Waals surface area contributed by atoms with Gasteiger partial charge in [0.1, 0.15) is 5.75 Å². The van der Waals surface area contributed by atoms with Gasteiger partial charge in [-0.2, -0.15) is 0 Å². The number of rotatable bonds is 6. The number of benzene rings is 2. The Labute approximate surface area is 150 Å². The number of nitrogens with one attached hydrogen (secondary N) is 1. The lowest BCUT2D eigenvalue weighted by Gasteiger charge is -2.20. The topological polar surface area (TPSA) is 38.3 Å². The molecule has 0 fully saturated rings. The highest BCUT2D eigenvalue weighted by Gasteiger charge is 2.15. The molecule has 0 aliphatic heterocycles. The second kappa shape index (κ2) is 8.19. The predicted octanol–water partition coefficient (Wildman–Crippen LogP) is 4.52. The minimum absolute atomic E-state index is 0.0285. The average molecular weight is 337 g/mol. The van der Waals surface area contributed by atoms with E-state index in [4.69, 9.17) is 4.74 Å². The van der Waals surface area contributed by atoms with Gasteiger partial charge in [-0.05, 0) is 73.4 Å². The summed E-state index contributed by atoms with van der Waals surface area (Å²) in [6, 6.07) is 14.4. The van der Waals surface area contributed by atoms with Crippen molar-refractivity contribution in [3.05, 3.63) is 64.7 Å². The first-order chi connectivity index (χ1) is 12.2. The van der Waals surface area contributed by atoms with E-state index in [2.05, 4.69) is 43.4 Å². The second-order valence-electron chi connectivity index (χ2n) is 6.81. The van der Waals surface area contributed by atoms with Crippen molar-refractivity contribution >= 4 is 5.91 Å². The maximum absolute atomic E-state index is 12.3.